The lowest BCUT2D eigenvalue weighted by molar-refractivity contribution is -0.123. The minimum atomic E-state index is -3.89. The number of nitrogens with two attached hydrogens (primary N) is 1. The maximum Gasteiger partial charge on any atom is 0.359 e. The molecule has 0 fully saturated rings. The van der Waals surface area contributed by atoms with Crippen molar-refractivity contribution in [2.75, 3.05) is 5.32 Å². The number of esters is 1. The molecule has 1 amide bonds. The second kappa shape index (κ2) is 8.11. The lowest BCUT2D eigenvalue weighted by Crippen LogP contribution is -2.30. The van der Waals surface area contributed by atoms with Crippen molar-refractivity contribution in [3.63, 3.8) is 0 Å². The predicted molar refractivity (Wildman–Crippen MR) is 93.9 cm³/mol. The SMILES string of the molecule is CCCc1cc(C(=O)OC(C)C(=O)Nc2cccc(S(N)(=O)=O)c2)n[nH]1. The Balaban J connectivity index is 2.00. The fourth-order valence-electron chi connectivity index (χ4n) is 2.13. The van der Waals surface area contributed by atoms with Gasteiger partial charge >= 0.3 is 5.97 Å². The maximum absolute atomic E-state index is 12.2. The van der Waals surface area contributed by atoms with Gasteiger partial charge in [-0.05, 0) is 37.6 Å². The average Bonchev–Trinajstić information content (AvgIpc) is 3.03. The number of carbonyl (C=O) groups is 2. The van der Waals surface area contributed by atoms with Gasteiger partial charge in [-0.15, -0.1) is 0 Å². The quantitative estimate of drug-likeness (QED) is 0.615. The van der Waals surface area contributed by atoms with Gasteiger partial charge in [0.15, 0.2) is 11.8 Å². The van der Waals surface area contributed by atoms with Crippen LogP contribution in [0.1, 0.15) is 36.5 Å². The molecule has 140 valence electrons. The number of anilines is 1. The van der Waals surface area contributed by atoms with Crippen molar-refractivity contribution < 1.29 is 22.7 Å². The van der Waals surface area contributed by atoms with Crippen LogP contribution in [0.15, 0.2) is 35.2 Å². The third-order valence-corrected chi connectivity index (χ3v) is 4.35. The van der Waals surface area contributed by atoms with E-state index < -0.39 is 28.0 Å². The van der Waals surface area contributed by atoms with Crippen LogP contribution in [0.3, 0.4) is 0 Å². The summed E-state index contributed by atoms with van der Waals surface area (Å²) in [5, 5.41) is 14.1. The highest BCUT2D eigenvalue weighted by Crippen LogP contribution is 2.15. The number of rotatable bonds is 7. The van der Waals surface area contributed by atoms with Gasteiger partial charge in [-0.3, -0.25) is 9.89 Å². The first kappa shape index (κ1) is 19.6. The summed E-state index contributed by atoms with van der Waals surface area (Å²) in [6.07, 6.45) is 0.538. The molecule has 0 saturated heterocycles. The molecule has 1 unspecified atom stereocenters. The highest BCUT2D eigenvalue weighted by molar-refractivity contribution is 7.89. The second-order valence-electron chi connectivity index (χ2n) is 5.64. The van der Waals surface area contributed by atoms with Gasteiger partial charge in [-0.2, -0.15) is 5.10 Å². The second-order valence-corrected chi connectivity index (χ2v) is 7.20. The van der Waals surface area contributed by atoms with Crippen LogP contribution in [0.2, 0.25) is 0 Å². The number of nitrogens with zero attached hydrogens (tertiary/aromatic N) is 1. The third-order valence-electron chi connectivity index (χ3n) is 3.44. The summed E-state index contributed by atoms with van der Waals surface area (Å²) in [6, 6.07) is 7.02. The van der Waals surface area contributed by atoms with Gasteiger partial charge in [0.25, 0.3) is 5.91 Å². The van der Waals surface area contributed by atoms with Crippen LogP contribution in [-0.4, -0.2) is 36.6 Å². The Morgan fingerprint density at radius 1 is 1.35 bits per heavy atom. The molecule has 10 heteroatoms. The zero-order valence-corrected chi connectivity index (χ0v) is 15.2. The van der Waals surface area contributed by atoms with Gasteiger partial charge < -0.3 is 10.1 Å². The molecule has 26 heavy (non-hydrogen) atoms. The van der Waals surface area contributed by atoms with E-state index >= 15 is 0 Å². The predicted octanol–water partition coefficient (Wildman–Crippen LogP) is 1.19. The first-order valence-electron chi connectivity index (χ1n) is 7.89. The number of aromatic amines is 1. The number of hydrogen-bond donors (Lipinski definition) is 3. The highest BCUT2D eigenvalue weighted by atomic mass is 32.2. The molecule has 1 aromatic heterocycles. The first-order valence-corrected chi connectivity index (χ1v) is 9.44. The normalized spacial score (nSPS) is 12.4. The summed E-state index contributed by atoms with van der Waals surface area (Å²) < 4.78 is 27.8. The number of amides is 1. The van der Waals surface area contributed by atoms with Crippen molar-refractivity contribution in [1.29, 1.82) is 0 Å². The van der Waals surface area contributed by atoms with Gasteiger partial charge in [0.2, 0.25) is 10.0 Å². The van der Waals surface area contributed by atoms with Crippen LogP contribution in [-0.2, 0) is 26.0 Å². The molecular weight excluding hydrogens is 360 g/mol. The van der Waals surface area contributed by atoms with Crippen molar-refractivity contribution in [2.45, 2.75) is 37.7 Å². The number of nitrogens with one attached hydrogen (secondary N) is 2. The highest BCUT2D eigenvalue weighted by Gasteiger charge is 2.21. The summed E-state index contributed by atoms with van der Waals surface area (Å²) in [6.45, 7) is 3.40. The molecule has 2 aromatic rings. The van der Waals surface area contributed by atoms with E-state index in [-0.39, 0.29) is 16.3 Å². The van der Waals surface area contributed by atoms with E-state index in [0.29, 0.717) is 0 Å². The molecule has 1 atom stereocenters. The van der Waals surface area contributed by atoms with E-state index in [4.69, 9.17) is 9.88 Å². The molecule has 0 aliphatic rings. The molecule has 0 aliphatic heterocycles. The monoisotopic (exact) mass is 380 g/mol. The number of primary sulfonamides is 1. The molecule has 1 heterocycles. The summed E-state index contributed by atoms with van der Waals surface area (Å²) in [7, 11) is -3.89. The standard InChI is InChI=1S/C16H20N4O5S/c1-3-5-12-9-14(20-19-12)16(22)25-10(2)15(21)18-11-6-4-7-13(8-11)26(17,23)24/h4,6-10H,3,5H2,1-2H3,(H,18,21)(H,19,20)(H2,17,23,24). The number of ether oxygens (including phenoxy) is 1. The van der Waals surface area contributed by atoms with Crippen molar-refractivity contribution in [1.82, 2.24) is 10.2 Å². The molecule has 0 saturated carbocycles. The number of aryl methyl sites for hydroxylation is 1. The summed E-state index contributed by atoms with van der Waals surface area (Å²) in [5.74, 6) is -1.35. The van der Waals surface area contributed by atoms with Gasteiger partial charge in [0.05, 0.1) is 4.90 Å². The molecule has 2 rings (SSSR count). The number of H-pyrrole nitrogens is 1. The molecule has 0 radical (unpaired) electrons. The minimum Gasteiger partial charge on any atom is -0.448 e. The van der Waals surface area contributed by atoms with Crippen LogP contribution in [0.25, 0.3) is 0 Å². The fourth-order valence-corrected chi connectivity index (χ4v) is 2.69. The summed E-state index contributed by atoms with van der Waals surface area (Å²) in [5.41, 5.74) is 1.11. The largest absolute Gasteiger partial charge is 0.448 e. The Bertz CT molecular complexity index is 907. The van der Waals surface area contributed by atoms with E-state index in [9.17, 15) is 18.0 Å². The van der Waals surface area contributed by atoms with Gasteiger partial charge in [0.1, 0.15) is 0 Å². The molecule has 1 aromatic carbocycles. The smallest absolute Gasteiger partial charge is 0.359 e. The van der Waals surface area contributed by atoms with Crippen LogP contribution in [0, 0.1) is 0 Å². The van der Waals surface area contributed by atoms with Crippen LogP contribution in [0.4, 0.5) is 5.69 Å². The maximum atomic E-state index is 12.2. The summed E-state index contributed by atoms with van der Waals surface area (Å²) in [4.78, 5) is 24.0. The Morgan fingerprint density at radius 3 is 2.73 bits per heavy atom. The zero-order valence-electron chi connectivity index (χ0n) is 14.4. The number of carbonyl (C=O) groups excluding carboxylic acids is 2. The van der Waals surface area contributed by atoms with Crippen LogP contribution < -0.4 is 10.5 Å². The lowest BCUT2D eigenvalue weighted by Gasteiger charge is -2.13. The van der Waals surface area contributed by atoms with Gasteiger partial charge in [0, 0.05) is 11.4 Å². The number of benzene rings is 1. The van der Waals surface area contributed by atoms with Crippen molar-refractivity contribution >= 4 is 27.6 Å². The van der Waals surface area contributed by atoms with E-state index in [1.807, 2.05) is 6.92 Å². The van der Waals surface area contributed by atoms with E-state index in [2.05, 4.69) is 15.5 Å². The molecule has 0 bridgehead atoms. The van der Waals surface area contributed by atoms with Crippen LogP contribution in [0.5, 0.6) is 0 Å². The number of hydrogen-bond acceptors (Lipinski definition) is 6. The lowest BCUT2D eigenvalue weighted by atomic mass is 10.2. The number of sulfonamides is 1. The first-order chi connectivity index (χ1) is 12.2. The van der Waals surface area contributed by atoms with Crippen molar-refractivity contribution in [2.24, 2.45) is 5.14 Å². The van der Waals surface area contributed by atoms with E-state index in [0.717, 1.165) is 18.5 Å². The summed E-state index contributed by atoms with van der Waals surface area (Å²) >= 11 is 0. The Kier molecular flexibility index (Phi) is 6.11. The third kappa shape index (κ3) is 5.14. The molecule has 4 N–H and O–H groups in total. The molecule has 0 spiro atoms. The van der Waals surface area contributed by atoms with Crippen molar-refractivity contribution in [3.05, 3.63) is 41.7 Å². The fraction of sp³-hybridized carbons (Fsp3) is 0.312. The Hall–Kier alpha value is -2.72. The van der Waals surface area contributed by atoms with Crippen LogP contribution >= 0.6 is 0 Å². The zero-order chi connectivity index (χ0) is 19.3. The Morgan fingerprint density at radius 2 is 2.08 bits per heavy atom. The molecule has 0 aliphatic carbocycles. The molecular formula is C16H20N4O5S. The minimum absolute atomic E-state index is 0.0873. The molecule has 9 nitrogen and oxygen atoms in total. The number of aromatic nitrogens is 2. The van der Waals surface area contributed by atoms with E-state index in [1.54, 1.807) is 6.07 Å². The van der Waals surface area contributed by atoms with Gasteiger partial charge in [-0.25, -0.2) is 18.4 Å². The topological polar surface area (TPSA) is 144 Å². The Labute approximate surface area is 151 Å². The van der Waals surface area contributed by atoms with Crippen molar-refractivity contribution in [3.8, 4) is 0 Å². The van der Waals surface area contributed by atoms with Gasteiger partial charge in [-0.1, -0.05) is 19.4 Å². The average molecular weight is 380 g/mol. The van der Waals surface area contributed by atoms with E-state index in [1.165, 1.54) is 31.2 Å².